The van der Waals surface area contributed by atoms with Gasteiger partial charge in [-0.1, -0.05) is 0 Å². The molecule has 0 heterocycles. The fraction of sp³-hybridized carbons (Fsp3) is 0.800. The molecule has 0 spiro atoms. The van der Waals surface area contributed by atoms with E-state index in [-0.39, 0.29) is 12.1 Å². The van der Waals surface area contributed by atoms with Crippen LogP contribution in [0.25, 0.3) is 0 Å². The molecule has 6 nitrogen and oxygen atoms in total. The van der Waals surface area contributed by atoms with Crippen LogP contribution in [0.4, 0.5) is 0 Å². The first-order chi connectivity index (χ1) is 7.11. The predicted molar refractivity (Wildman–Crippen MR) is 61.6 cm³/mol. The number of aliphatic carboxylic acids is 2. The summed E-state index contributed by atoms with van der Waals surface area (Å²) in [6.07, 6.45) is 0. The lowest BCUT2D eigenvalue weighted by Crippen LogP contribution is -2.32. The van der Waals surface area contributed by atoms with Crippen LogP contribution in [0.3, 0.4) is 0 Å². The Morgan fingerprint density at radius 3 is 1.00 bits per heavy atom. The Balaban J connectivity index is 0. The molecule has 0 saturated carbocycles. The molecule has 0 saturated heterocycles. The summed E-state index contributed by atoms with van der Waals surface area (Å²) in [5.74, 6) is -1.56. The highest BCUT2D eigenvalue weighted by molar-refractivity contribution is 5.73. The van der Waals surface area contributed by atoms with Gasteiger partial charge in [-0.2, -0.15) is 0 Å². The van der Waals surface area contributed by atoms with Crippen LogP contribution in [0.5, 0.6) is 0 Å². The lowest BCUT2D eigenvalue weighted by atomic mass is 10.3. The first kappa shape index (κ1) is 17.3. The SMILES string of the molecule is CC(C(=O)O)N(C)C.CC(C(=O)O)N(C)C. The van der Waals surface area contributed by atoms with Crippen molar-refractivity contribution < 1.29 is 19.8 Å². The molecule has 96 valence electrons. The lowest BCUT2D eigenvalue weighted by molar-refractivity contribution is -0.142. The van der Waals surface area contributed by atoms with Crippen molar-refractivity contribution in [3.63, 3.8) is 0 Å². The maximum absolute atomic E-state index is 10.1. The van der Waals surface area contributed by atoms with Crippen molar-refractivity contribution in [2.45, 2.75) is 25.9 Å². The van der Waals surface area contributed by atoms with Crippen LogP contribution in [0.2, 0.25) is 0 Å². The van der Waals surface area contributed by atoms with Gasteiger partial charge in [0.1, 0.15) is 12.1 Å². The Kier molecular flexibility index (Phi) is 8.70. The molecule has 0 amide bonds. The zero-order valence-corrected chi connectivity index (χ0v) is 10.8. The number of carboxylic acid groups (broad SMARTS) is 2. The Hall–Kier alpha value is -1.14. The third-order valence-electron chi connectivity index (χ3n) is 2.26. The first-order valence-electron chi connectivity index (χ1n) is 4.89. The minimum atomic E-state index is -0.782. The van der Waals surface area contributed by atoms with E-state index in [1.54, 1.807) is 51.8 Å². The third kappa shape index (κ3) is 8.19. The topological polar surface area (TPSA) is 81.1 Å². The molecule has 0 aromatic carbocycles. The number of hydrogen-bond acceptors (Lipinski definition) is 4. The fourth-order valence-corrected chi connectivity index (χ4v) is 0.442. The molecule has 0 aromatic rings. The molecule has 0 fully saturated rings. The average Bonchev–Trinajstić information content (AvgIpc) is 2.15. The summed E-state index contributed by atoms with van der Waals surface area (Å²) in [5, 5.41) is 16.6. The van der Waals surface area contributed by atoms with Crippen molar-refractivity contribution in [3.8, 4) is 0 Å². The summed E-state index contributed by atoms with van der Waals surface area (Å²) in [7, 11) is 6.94. The van der Waals surface area contributed by atoms with Gasteiger partial charge >= 0.3 is 11.9 Å². The van der Waals surface area contributed by atoms with E-state index in [0.29, 0.717) is 0 Å². The van der Waals surface area contributed by atoms with E-state index < -0.39 is 11.9 Å². The normalized spacial score (nSPS) is 14.0. The fourth-order valence-electron chi connectivity index (χ4n) is 0.442. The number of carbonyl (C=O) groups is 2. The molecule has 0 aliphatic rings. The minimum absolute atomic E-state index is 0.380. The molecule has 0 bridgehead atoms. The van der Waals surface area contributed by atoms with Crippen LogP contribution in [0.15, 0.2) is 0 Å². The van der Waals surface area contributed by atoms with Crippen molar-refractivity contribution in [2.75, 3.05) is 28.2 Å². The number of rotatable bonds is 4. The van der Waals surface area contributed by atoms with E-state index in [0.717, 1.165) is 0 Å². The van der Waals surface area contributed by atoms with Gasteiger partial charge in [0.05, 0.1) is 0 Å². The number of nitrogens with zero attached hydrogens (tertiary/aromatic N) is 2. The standard InChI is InChI=1S/2C5H11NO2/c2*1-4(5(7)8)6(2)3/h2*4H,1-3H3,(H,7,8). The second-order valence-corrected chi connectivity index (χ2v) is 3.96. The molecule has 2 unspecified atom stereocenters. The number of likely N-dealkylation sites (N-methyl/N-ethyl adjacent to an activating group) is 2. The smallest absolute Gasteiger partial charge is 0.320 e. The average molecular weight is 234 g/mol. The summed E-state index contributed by atoms with van der Waals surface area (Å²) in [6.45, 7) is 3.28. The van der Waals surface area contributed by atoms with Gasteiger partial charge in [0.15, 0.2) is 0 Å². The third-order valence-corrected chi connectivity index (χ3v) is 2.26. The summed E-state index contributed by atoms with van der Waals surface area (Å²) >= 11 is 0. The van der Waals surface area contributed by atoms with Gasteiger partial charge < -0.3 is 10.2 Å². The van der Waals surface area contributed by atoms with Crippen LogP contribution in [-0.2, 0) is 9.59 Å². The molecule has 6 heteroatoms. The van der Waals surface area contributed by atoms with Crippen LogP contribution in [-0.4, -0.2) is 72.2 Å². The number of carboxylic acids is 2. The molecule has 0 aliphatic carbocycles. The molecule has 16 heavy (non-hydrogen) atoms. The maximum Gasteiger partial charge on any atom is 0.320 e. The van der Waals surface area contributed by atoms with E-state index >= 15 is 0 Å². The highest BCUT2D eigenvalue weighted by atomic mass is 16.4. The second kappa shape index (κ2) is 8.06. The first-order valence-corrected chi connectivity index (χ1v) is 4.89. The van der Waals surface area contributed by atoms with Gasteiger partial charge in [0.25, 0.3) is 0 Å². The molecule has 0 rings (SSSR count). The maximum atomic E-state index is 10.1. The molecule has 2 N–H and O–H groups in total. The van der Waals surface area contributed by atoms with E-state index in [2.05, 4.69) is 0 Å². The summed E-state index contributed by atoms with van der Waals surface area (Å²) in [6, 6.07) is -0.759. The summed E-state index contributed by atoms with van der Waals surface area (Å²) in [4.78, 5) is 23.5. The van der Waals surface area contributed by atoms with E-state index in [4.69, 9.17) is 10.2 Å². The molecule has 2 atom stereocenters. The van der Waals surface area contributed by atoms with Crippen molar-refractivity contribution in [2.24, 2.45) is 0 Å². The van der Waals surface area contributed by atoms with Gasteiger partial charge in [-0.25, -0.2) is 0 Å². The van der Waals surface area contributed by atoms with E-state index in [1.807, 2.05) is 0 Å². The van der Waals surface area contributed by atoms with Crippen LogP contribution in [0.1, 0.15) is 13.8 Å². The lowest BCUT2D eigenvalue weighted by Gasteiger charge is -2.13. The molecular weight excluding hydrogens is 212 g/mol. The second-order valence-electron chi connectivity index (χ2n) is 3.96. The van der Waals surface area contributed by atoms with Crippen LogP contribution < -0.4 is 0 Å². The Labute approximate surface area is 96.5 Å². The van der Waals surface area contributed by atoms with Gasteiger partial charge in [-0.15, -0.1) is 0 Å². The van der Waals surface area contributed by atoms with Crippen molar-refractivity contribution in [3.05, 3.63) is 0 Å². The van der Waals surface area contributed by atoms with Crippen molar-refractivity contribution in [1.82, 2.24) is 9.80 Å². The summed E-state index contributed by atoms with van der Waals surface area (Å²) < 4.78 is 0. The zero-order chi connectivity index (χ0) is 13.5. The quantitative estimate of drug-likeness (QED) is 0.715. The predicted octanol–water partition coefficient (Wildman–Crippen LogP) is 0.0422. The van der Waals surface area contributed by atoms with E-state index in [1.165, 1.54) is 0 Å². The Morgan fingerprint density at radius 1 is 0.812 bits per heavy atom. The van der Waals surface area contributed by atoms with Crippen molar-refractivity contribution >= 4 is 11.9 Å². The number of hydrogen-bond donors (Lipinski definition) is 2. The summed E-state index contributed by atoms with van der Waals surface area (Å²) in [5.41, 5.74) is 0. The van der Waals surface area contributed by atoms with Crippen molar-refractivity contribution in [1.29, 1.82) is 0 Å². The van der Waals surface area contributed by atoms with Gasteiger partial charge in [-0.3, -0.25) is 19.4 Å². The zero-order valence-electron chi connectivity index (χ0n) is 10.8. The minimum Gasteiger partial charge on any atom is -0.480 e. The molecule has 0 aromatic heterocycles. The largest absolute Gasteiger partial charge is 0.480 e. The van der Waals surface area contributed by atoms with Gasteiger partial charge in [-0.05, 0) is 42.0 Å². The molecule has 0 aliphatic heterocycles. The van der Waals surface area contributed by atoms with Gasteiger partial charge in [0, 0.05) is 0 Å². The highest BCUT2D eigenvalue weighted by Crippen LogP contribution is 1.89. The Bertz CT molecular complexity index is 205. The van der Waals surface area contributed by atoms with Gasteiger partial charge in [0.2, 0.25) is 0 Å². The monoisotopic (exact) mass is 234 g/mol. The van der Waals surface area contributed by atoms with E-state index in [9.17, 15) is 9.59 Å². The Morgan fingerprint density at radius 2 is 1.00 bits per heavy atom. The molecule has 0 radical (unpaired) electrons. The van der Waals surface area contributed by atoms with Crippen LogP contribution in [0, 0.1) is 0 Å². The molecular formula is C10H22N2O4. The van der Waals surface area contributed by atoms with Crippen LogP contribution >= 0.6 is 0 Å². The highest BCUT2D eigenvalue weighted by Gasteiger charge is 2.11.